The fourth-order valence-corrected chi connectivity index (χ4v) is 5.10. The number of rotatable bonds is 7. The number of nitrogens with zero attached hydrogens (tertiary/aromatic N) is 8. The van der Waals surface area contributed by atoms with Crippen molar-refractivity contribution in [3.05, 3.63) is 135 Å². The van der Waals surface area contributed by atoms with Gasteiger partial charge in [-0.15, -0.1) is 47.8 Å². The molecule has 48 heavy (non-hydrogen) atoms. The van der Waals surface area contributed by atoms with E-state index < -0.39 is 0 Å². The van der Waals surface area contributed by atoms with Gasteiger partial charge in [-0.3, -0.25) is 9.97 Å². The first-order chi connectivity index (χ1) is 22.6. The average Bonchev–Trinajstić information content (AvgIpc) is 3.62. The molecule has 0 saturated carbocycles. The van der Waals surface area contributed by atoms with Gasteiger partial charge >= 0.3 is 0 Å². The van der Waals surface area contributed by atoms with Crippen molar-refractivity contribution in [1.82, 2.24) is 29.1 Å². The summed E-state index contributed by atoms with van der Waals surface area (Å²) in [7, 11) is 3.81. The Labute approximate surface area is 304 Å². The van der Waals surface area contributed by atoms with Crippen molar-refractivity contribution in [3.8, 4) is 45.8 Å². The number of ether oxygens (including phenoxy) is 2. The molecule has 0 bridgehead atoms. The van der Waals surface area contributed by atoms with Crippen LogP contribution in [0.4, 0.5) is 0 Å². The van der Waals surface area contributed by atoms with Crippen molar-refractivity contribution < 1.29 is 60.7 Å². The summed E-state index contributed by atoms with van der Waals surface area (Å²) in [6, 6.07) is 35.5. The molecule has 0 aliphatic rings. The van der Waals surface area contributed by atoms with Crippen LogP contribution in [0.2, 0.25) is 0 Å². The number of aromatic nitrogens is 8. The molecule has 0 N–H and O–H groups in total. The Bertz CT molecular complexity index is 2220. The number of benzene rings is 2. The van der Waals surface area contributed by atoms with Gasteiger partial charge in [-0.25, -0.2) is 0 Å². The minimum Gasteiger partial charge on any atom is -0.511 e. The molecular formula is C36H22N8O2Pt2-4. The first-order valence-electron chi connectivity index (χ1n) is 14.3. The summed E-state index contributed by atoms with van der Waals surface area (Å²) in [5, 5.41) is 0. The largest absolute Gasteiger partial charge is 0.511 e. The second-order valence-corrected chi connectivity index (χ2v) is 10.3. The van der Waals surface area contributed by atoms with Gasteiger partial charge < -0.3 is 37.7 Å². The zero-order valence-corrected chi connectivity index (χ0v) is 29.8. The molecule has 6 heterocycles. The summed E-state index contributed by atoms with van der Waals surface area (Å²) < 4.78 is 19.8. The number of pyridine rings is 4. The third-order valence-corrected chi connectivity index (χ3v) is 7.14. The number of hydrogen-bond donors (Lipinski definition) is 0. The van der Waals surface area contributed by atoms with Gasteiger partial charge in [0.2, 0.25) is 12.7 Å². The first kappa shape index (κ1) is 32.9. The van der Waals surface area contributed by atoms with Crippen LogP contribution in [0.15, 0.2) is 97.6 Å². The number of aryl methyl sites for hydroxylation is 2. The third-order valence-electron chi connectivity index (χ3n) is 7.14. The summed E-state index contributed by atoms with van der Waals surface area (Å²) in [4.78, 5) is 17.8. The molecule has 0 saturated heterocycles. The molecule has 8 rings (SSSR count). The SMILES string of the molecule is Cn1[c-][n+](-c2[c-]c(Oc3[c-]c(-c4[c-]c(Oc5[c-]c(-[n+]6[c-]n(C)c7ncccc76)ccc5)ccn4)ncc3)ccc2)c2cccnc21.[Pt].[Pt]. The van der Waals surface area contributed by atoms with Gasteiger partial charge in [0.15, 0.2) is 11.3 Å². The molecule has 0 fully saturated rings. The zero-order chi connectivity index (χ0) is 31.0. The fraction of sp³-hybridized carbons (Fsp3) is 0.0556. The maximum Gasteiger partial charge on any atom is 0.243 e. The van der Waals surface area contributed by atoms with Gasteiger partial charge in [0.25, 0.3) is 0 Å². The topological polar surface area (TPSA) is 87.6 Å². The van der Waals surface area contributed by atoms with Crippen LogP contribution < -0.4 is 18.6 Å². The van der Waals surface area contributed by atoms with Crippen LogP contribution in [0.5, 0.6) is 23.0 Å². The summed E-state index contributed by atoms with van der Waals surface area (Å²) in [5.41, 5.74) is 5.88. The van der Waals surface area contributed by atoms with E-state index in [4.69, 9.17) is 9.47 Å². The number of hydrogen-bond acceptors (Lipinski definition) is 6. The molecule has 0 unspecified atom stereocenters. The Morgan fingerprint density at radius 3 is 1.40 bits per heavy atom. The predicted octanol–water partition coefficient (Wildman–Crippen LogP) is 4.85. The maximum atomic E-state index is 6.14. The fourth-order valence-electron chi connectivity index (χ4n) is 5.10. The van der Waals surface area contributed by atoms with E-state index in [2.05, 4.69) is 56.9 Å². The van der Waals surface area contributed by atoms with E-state index in [9.17, 15) is 0 Å². The Balaban J connectivity index is 0.00000201. The second-order valence-electron chi connectivity index (χ2n) is 10.3. The number of fused-ring (bicyclic) bond motifs is 2. The predicted molar refractivity (Wildman–Crippen MR) is 165 cm³/mol. The van der Waals surface area contributed by atoms with Gasteiger partial charge in [-0.05, 0) is 12.4 Å². The Morgan fingerprint density at radius 1 is 0.500 bits per heavy atom. The molecule has 0 aliphatic heterocycles. The van der Waals surface area contributed by atoms with Gasteiger partial charge in [-0.1, -0.05) is 35.6 Å². The maximum absolute atomic E-state index is 6.14. The molecule has 0 spiro atoms. The van der Waals surface area contributed by atoms with Crippen molar-refractivity contribution in [2.75, 3.05) is 0 Å². The molecule has 0 amide bonds. The number of imidazole rings is 2. The summed E-state index contributed by atoms with van der Waals surface area (Å²) in [5.74, 6) is 1.92. The van der Waals surface area contributed by atoms with Crippen LogP contribution in [0.25, 0.3) is 45.1 Å². The minimum atomic E-state index is 0. The molecule has 10 nitrogen and oxygen atoms in total. The van der Waals surface area contributed by atoms with Crippen molar-refractivity contribution in [1.29, 1.82) is 0 Å². The van der Waals surface area contributed by atoms with E-state index in [-0.39, 0.29) is 42.1 Å². The van der Waals surface area contributed by atoms with E-state index >= 15 is 0 Å². The minimum absolute atomic E-state index is 0. The van der Waals surface area contributed by atoms with E-state index in [1.165, 1.54) is 0 Å². The van der Waals surface area contributed by atoms with Crippen molar-refractivity contribution in [2.24, 2.45) is 14.1 Å². The smallest absolute Gasteiger partial charge is 0.243 e. The molecule has 242 valence electrons. The first-order valence-corrected chi connectivity index (χ1v) is 14.3. The zero-order valence-electron chi connectivity index (χ0n) is 25.3. The normalized spacial score (nSPS) is 10.8. The summed E-state index contributed by atoms with van der Waals surface area (Å²) in [6.07, 6.45) is 13.3. The molecule has 12 heteroatoms. The monoisotopic (exact) mass is 988 g/mol. The van der Waals surface area contributed by atoms with E-state index in [1.807, 2.05) is 93.0 Å². The van der Waals surface area contributed by atoms with Crippen molar-refractivity contribution in [3.63, 3.8) is 0 Å². The molecule has 8 aromatic rings. The summed E-state index contributed by atoms with van der Waals surface area (Å²) >= 11 is 0. The van der Waals surface area contributed by atoms with Gasteiger partial charge in [-0.2, -0.15) is 36.4 Å². The van der Waals surface area contributed by atoms with Crippen LogP contribution in [0.3, 0.4) is 0 Å². The van der Waals surface area contributed by atoms with Crippen LogP contribution in [-0.2, 0) is 56.2 Å². The van der Waals surface area contributed by atoms with Gasteiger partial charge in [0.05, 0.1) is 25.1 Å². The molecule has 0 radical (unpaired) electrons. The molecule has 0 atom stereocenters. The van der Waals surface area contributed by atoms with Crippen LogP contribution in [0.1, 0.15) is 0 Å². The molecule has 2 aromatic carbocycles. The molecule has 6 aromatic heterocycles. The quantitative estimate of drug-likeness (QED) is 0.168. The Morgan fingerprint density at radius 2 is 0.938 bits per heavy atom. The van der Waals surface area contributed by atoms with E-state index in [0.717, 1.165) is 33.7 Å². The molecule has 0 aliphatic carbocycles. The van der Waals surface area contributed by atoms with Gasteiger partial charge in [0, 0.05) is 77.5 Å². The van der Waals surface area contributed by atoms with Crippen LogP contribution >= 0.6 is 0 Å². The van der Waals surface area contributed by atoms with Crippen molar-refractivity contribution >= 4 is 22.3 Å². The second kappa shape index (κ2) is 14.0. The standard InChI is InChI=1S/C36H22N8O2.2Pt/c1-41-23-43(33-11-5-15-39-35(33)41)25-7-3-9-27(19-25)45-29-13-17-37-31(21-29)32-22-30(14-18-38-32)46-28-10-4-8-26(20-28)44-24-42(2)36-34(44)12-6-16-40-36;;/h3-18H,1-2H3;;/q-4;;. The molecular weight excluding hydrogens is 967 g/mol. The van der Waals surface area contributed by atoms with Gasteiger partial charge in [0.1, 0.15) is 0 Å². The Kier molecular flexibility index (Phi) is 9.58. The van der Waals surface area contributed by atoms with E-state index in [1.54, 1.807) is 36.9 Å². The van der Waals surface area contributed by atoms with E-state index in [0.29, 0.717) is 34.4 Å². The average molecular weight is 989 g/mol. The van der Waals surface area contributed by atoms with Crippen LogP contribution in [-0.4, -0.2) is 29.1 Å². The van der Waals surface area contributed by atoms with Crippen LogP contribution in [0, 0.1) is 36.9 Å². The van der Waals surface area contributed by atoms with Crippen molar-refractivity contribution in [2.45, 2.75) is 0 Å². The third kappa shape index (κ3) is 6.42. The Hall–Kier alpha value is -5.04. The summed E-state index contributed by atoms with van der Waals surface area (Å²) in [6.45, 7) is 0.